The number of benzene rings is 2. The summed E-state index contributed by atoms with van der Waals surface area (Å²) in [6.45, 7) is 1.01. The van der Waals surface area contributed by atoms with Gasteiger partial charge in [-0.25, -0.2) is 0 Å². The number of Topliss-reactive ketones (excluding diaryl/α,β-unsaturated/α-hetero) is 1. The van der Waals surface area contributed by atoms with Crippen LogP contribution in [0, 0.1) is 0 Å². The Hall–Kier alpha value is -1.35. The second-order valence-electron chi connectivity index (χ2n) is 4.70. The minimum atomic E-state index is 0.0204. The van der Waals surface area contributed by atoms with Crippen LogP contribution in [0.4, 0.5) is 0 Å². The minimum Gasteiger partial charge on any atom is -0.295 e. The number of nitrogens with zero attached hydrogens (tertiary/aromatic N) is 1. The van der Waals surface area contributed by atoms with Crippen LogP contribution in [0.15, 0.2) is 48.5 Å². The van der Waals surface area contributed by atoms with Crippen LogP contribution in [0.3, 0.4) is 0 Å². The first-order valence-electron chi connectivity index (χ1n) is 6.27. The first-order chi connectivity index (χ1) is 9.56. The summed E-state index contributed by atoms with van der Waals surface area (Å²) in [5.74, 6) is 0.0204. The molecule has 4 heteroatoms. The third-order valence-electron chi connectivity index (χ3n) is 2.95. The van der Waals surface area contributed by atoms with E-state index in [4.69, 9.17) is 23.2 Å². The minimum absolute atomic E-state index is 0.0204. The maximum absolute atomic E-state index is 12.2. The summed E-state index contributed by atoms with van der Waals surface area (Å²) in [5.41, 5.74) is 1.68. The Morgan fingerprint density at radius 3 is 2.35 bits per heavy atom. The quantitative estimate of drug-likeness (QED) is 0.767. The highest BCUT2D eigenvalue weighted by Crippen LogP contribution is 2.16. The van der Waals surface area contributed by atoms with Crippen LogP contribution in [0.5, 0.6) is 0 Å². The van der Waals surface area contributed by atoms with Crippen LogP contribution in [0.25, 0.3) is 0 Å². The van der Waals surface area contributed by atoms with E-state index in [0.29, 0.717) is 28.7 Å². The molecule has 0 saturated carbocycles. The molecule has 0 aliphatic rings. The van der Waals surface area contributed by atoms with Gasteiger partial charge in [0.1, 0.15) is 0 Å². The molecular weight excluding hydrogens is 293 g/mol. The van der Waals surface area contributed by atoms with Crippen molar-refractivity contribution in [3.63, 3.8) is 0 Å². The molecule has 0 saturated heterocycles. The molecule has 2 aromatic carbocycles. The molecule has 0 radical (unpaired) electrons. The van der Waals surface area contributed by atoms with Crippen LogP contribution in [0.2, 0.25) is 10.0 Å². The smallest absolute Gasteiger partial charge is 0.178 e. The van der Waals surface area contributed by atoms with Crippen molar-refractivity contribution in [2.45, 2.75) is 6.54 Å². The van der Waals surface area contributed by atoms with E-state index in [2.05, 4.69) is 0 Å². The zero-order chi connectivity index (χ0) is 14.5. The molecule has 0 aliphatic heterocycles. The Morgan fingerprint density at radius 2 is 1.70 bits per heavy atom. The summed E-state index contributed by atoms with van der Waals surface area (Å²) in [6.07, 6.45) is 0. The van der Waals surface area contributed by atoms with E-state index < -0.39 is 0 Å². The third kappa shape index (κ3) is 4.07. The summed E-state index contributed by atoms with van der Waals surface area (Å²) in [6, 6.07) is 14.7. The van der Waals surface area contributed by atoms with Gasteiger partial charge in [-0.2, -0.15) is 0 Å². The Labute approximate surface area is 128 Å². The van der Waals surface area contributed by atoms with Crippen LogP contribution in [-0.4, -0.2) is 24.3 Å². The normalized spacial score (nSPS) is 10.8. The van der Waals surface area contributed by atoms with Crippen LogP contribution in [0.1, 0.15) is 15.9 Å². The van der Waals surface area contributed by atoms with Gasteiger partial charge in [-0.15, -0.1) is 0 Å². The second kappa shape index (κ2) is 6.89. The maximum Gasteiger partial charge on any atom is 0.178 e. The summed E-state index contributed by atoms with van der Waals surface area (Å²) in [4.78, 5) is 14.1. The first-order valence-corrected chi connectivity index (χ1v) is 7.02. The van der Waals surface area contributed by atoms with E-state index >= 15 is 0 Å². The van der Waals surface area contributed by atoms with E-state index in [1.807, 2.05) is 48.3 Å². The number of hydrogen-bond donors (Lipinski definition) is 0. The SMILES string of the molecule is CN(CC(=O)c1ccccc1Cl)Cc1ccc(Cl)cc1. The average Bonchev–Trinajstić information content (AvgIpc) is 2.41. The van der Waals surface area contributed by atoms with E-state index in [1.165, 1.54) is 0 Å². The van der Waals surface area contributed by atoms with Gasteiger partial charge in [0.05, 0.1) is 11.6 Å². The highest BCUT2D eigenvalue weighted by atomic mass is 35.5. The van der Waals surface area contributed by atoms with Crippen molar-refractivity contribution in [2.24, 2.45) is 0 Å². The zero-order valence-corrected chi connectivity index (χ0v) is 12.7. The van der Waals surface area contributed by atoms with Crippen LogP contribution >= 0.6 is 23.2 Å². The number of hydrogen-bond acceptors (Lipinski definition) is 2. The Balaban J connectivity index is 1.98. The van der Waals surface area contributed by atoms with Crippen molar-refractivity contribution in [1.29, 1.82) is 0 Å². The van der Waals surface area contributed by atoms with Gasteiger partial charge in [0, 0.05) is 17.1 Å². The molecule has 0 spiro atoms. The number of ketones is 1. The Kier molecular flexibility index (Phi) is 5.18. The van der Waals surface area contributed by atoms with Gasteiger partial charge in [0.25, 0.3) is 0 Å². The highest BCUT2D eigenvalue weighted by molar-refractivity contribution is 6.34. The maximum atomic E-state index is 12.2. The second-order valence-corrected chi connectivity index (χ2v) is 5.55. The fraction of sp³-hybridized carbons (Fsp3) is 0.188. The topological polar surface area (TPSA) is 20.3 Å². The van der Waals surface area contributed by atoms with Crippen molar-refractivity contribution in [3.05, 3.63) is 69.7 Å². The van der Waals surface area contributed by atoms with E-state index in [9.17, 15) is 4.79 Å². The van der Waals surface area contributed by atoms with Gasteiger partial charge in [-0.3, -0.25) is 9.69 Å². The summed E-state index contributed by atoms with van der Waals surface area (Å²) >= 11 is 11.9. The molecule has 2 rings (SSSR count). The molecule has 0 aliphatic carbocycles. The van der Waals surface area contributed by atoms with Crippen molar-refractivity contribution >= 4 is 29.0 Å². The molecular formula is C16H15Cl2NO. The molecule has 0 unspecified atom stereocenters. The number of rotatable bonds is 5. The lowest BCUT2D eigenvalue weighted by Gasteiger charge is -2.16. The number of likely N-dealkylation sites (N-methyl/N-ethyl adjacent to an activating group) is 1. The molecule has 0 N–H and O–H groups in total. The largest absolute Gasteiger partial charge is 0.295 e. The predicted molar refractivity (Wildman–Crippen MR) is 83.6 cm³/mol. The molecule has 2 nitrogen and oxygen atoms in total. The van der Waals surface area contributed by atoms with Crippen molar-refractivity contribution < 1.29 is 4.79 Å². The first kappa shape index (κ1) is 15.0. The fourth-order valence-corrected chi connectivity index (χ4v) is 2.34. The molecule has 0 fully saturated rings. The fourth-order valence-electron chi connectivity index (χ4n) is 1.98. The molecule has 20 heavy (non-hydrogen) atoms. The number of carbonyl (C=O) groups excluding carboxylic acids is 1. The number of carbonyl (C=O) groups is 1. The molecule has 0 atom stereocenters. The lowest BCUT2D eigenvalue weighted by atomic mass is 10.1. The summed E-state index contributed by atoms with van der Waals surface area (Å²) < 4.78 is 0. The summed E-state index contributed by atoms with van der Waals surface area (Å²) in [5, 5.41) is 1.21. The van der Waals surface area contributed by atoms with Crippen molar-refractivity contribution in [1.82, 2.24) is 4.90 Å². The monoisotopic (exact) mass is 307 g/mol. The molecule has 0 heterocycles. The van der Waals surface area contributed by atoms with Gasteiger partial charge in [-0.1, -0.05) is 47.5 Å². The van der Waals surface area contributed by atoms with Crippen molar-refractivity contribution in [2.75, 3.05) is 13.6 Å². The molecule has 0 aromatic heterocycles. The Morgan fingerprint density at radius 1 is 1.05 bits per heavy atom. The highest BCUT2D eigenvalue weighted by Gasteiger charge is 2.12. The predicted octanol–water partition coefficient (Wildman–Crippen LogP) is 4.31. The third-order valence-corrected chi connectivity index (χ3v) is 3.54. The van der Waals surface area contributed by atoms with Crippen LogP contribution in [-0.2, 0) is 6.54 Å². The van der Waals surface area contributed by atoms with Gasteiger partial charge in [0.2, 0.25) is 0 Å². The van der Waals surface area contributed by atoms with Crippen LogP contribution < -0.4 is 0 Å². The van der Waals surface area contributed by atoms with Crippen molar-refractivity contribution in [3.8, 4) is 0 Å². The van der Waals surface area contributed by atoms with Gasteiger partial charge in [-0.05, 0) is 36.9 Å². The molecule has 0 bridgehead atoms. The standard InChI is InChI=1S/C16H15Cl2NO/c1-19(10-12-6-8-13(17)9-7-12)11-16(20)14-4-2-3-5-15(14)18/h2-9H,10-11H2,1H3. The van der Waals surface area contributed by atoms with Gasteiger partial charge >= 0.3 is 0 Å². The summed E-state index contributed by atoms with van der Waals surface area (Å²) in [7, 11) is 1.91. The lowest BCUT2D eigenvalue weighted by molar-refractivity contribution is 0.0943. The van der Waals surface area contributed by atoms with E-state index in [1.54, 1.807) is 12.1 Å². The molecule has 0 amide bonds. The molecule has 2 aromatic rings. The van der Waals surface area contributed by atoms with Gasteiger partial charge in [0.15, 0.2) is 5.78 Å². The molecule has 104 valence electrons. The lowest BCUT2D eigenvalue weighted by Crippen LogP contribution is -2.25. The average molecular weight is 308 g/mol. The van der Waals surface area contributed by atoms with E-state index in [-0.39, 0.29) is 5.78 Å². The Bertz CT molecular complexity index is 596. The number of halogens is 2. The van der Waals surface area contributed by atoms with E-state index in [0.717, 1.165) is 5.56 Å². The van der Waals surface area contributed by atoms with Gasteiger partial charge < -0.3 is 0 Å². The zero-order valence-electron chi connectivity index (χ0n) is 11.1.